The second-order valence-electron chi connectivity index (χ2n) is 16.7. The maximum absolute atomic E-state index is 12.2. The van der Waals surface area contributed by atoms with E-state index in [2.05, 4.69) is 134 Å². The van der Waals surface area contributed by atoms with Crippen LogP contribution in [0.15, 0.2) is 145 Å². The van der Waals surface area contributed by atoms with Crippen LogP contribution >= 0.6 is 23.2 Å². The zero-order valence-corrected chi connectivity index (χ0v) is 37.0. The van der Waals surface area contributed by atoms with Crippen molar-refractivity contribution in [2.45, 2.75) is 32.8 Å². The third-order valence-corrected chi connectivity index (χ3v) is 13.1. The Morgan fingerprint density at radius 1 is 0.523 bits per heavy atom. The van der Waals surface area contributed by atoms with E-state index in [0.29, 0.717) is 32.7 Å². The Balaban J connectivity index is 1.34. The first-order valence-electron chi connectivity index (χ1n) is 21.3. The van der Waals surface area contributed by atoms with Crippen LogP contribution in [0.2, 0.25) is 10.0 Å². The first-order valence-corrected chi connectivity index (χ1v) is 22.1. The Labute approximate surface area is 384 Å². The van der Waals surface area contributed by atoms with Crippen molar-refractivity contribution in [3.05, 3.63) is 200 Å². The van der Waals surface area contributed by atoms with E-state index in [1.54, 1.807) is 30.3 Å². The standard InChI is InChI=1S/C55H39Cl2N5O3/c1-29-7-13-32(14-8-29)45-39-23-24-40(58-39)46(33-15-9-30(2)10-16-33)42-26-28-44(60-42)48(34-17-11-31(3)12-18-34)53-54-50(52(62-65-54)49-37(56)5-4-6-38(49)57)51(61-53)47(43-27-25-41(45)59-43)35-19-21-36(22-20-35)55(63)64/h4-28,50,54,59-60H,1-3H3,(H,63,64). The number of hydrogen-bond donors (Lipinski definition) is 3. The zero-order chi connectivity index (χ0) is 44.5. The van der Waals surface area contributed by atoms with Crippen molar-refractivity contribution in [2.75, 3.05) is 0 Å². The molecule has 3 aliphatic rings. The predicted octanol–water partition coefficient (Wildman–Crippen LogP) is 14.3. The number of benzene rings is 5. The normalized spacial score (nSPS) is 15.1. The van der Waals surface area contributed by atoms with Crippen LogP contribution in [-0.4, -0.2) is 36.7 Å². The lowest BCUT2D eigenvalue weighted by Crippen LogP contribution is -2.14. The summed E-state index contributed by atoms with van der Waals surface area (Å²) in [6, 6.07) is 45.9. The highest BCUT2D eigenvalue weighted by atomic mass is 35.5. The minimum atomic E-state index is -1.02. The summed E-state index contributed by atoms with van der Waals surface area (Å²) in [7, 11) is 0. The van der Waals surface area contributed by atoms with Gasteiger partial charge in [0.25, 0.3) is 0 Å². The molecule has 3 N–H and O–H groups in total. The minimum Gasteiger partial charge on any atom is -0.478 e. The second-order valence-corrected chi connectivity index (χ2v) is 17.5. The lowest BCUT2D eigenvalue weighted by Gasteiger charge is -2.16. The number of oxime groups is 1. The van der Waals surface area contributed by atoms with Crippen molar-refractivity contribution in [3.8, 4) is 44.5 Å². The van der Waals surface area contributed by atoms with Gasteiger partial charge in [-0.2, -0.15) is 0 Å². The van der Waals surface area contributed by atoms with Crippen LogP contribution in [0.3, 0.4) is 0 Å². The smallest absolute Gasteiger partial charge is 0.335 e. The molecule has 0 saturated carbocycles. The van der Waals surface area contributed by atoms with Gasteiger partial charge in [0.1, 0.15) is 5.71 Å². The van der Waals surface area contributed by atoms with E-state index in [1.165, 1.54) is 0 Å². The van der Waals surface area contributed by atoms with Gasteiger partial charge in [-0.1, -0.05) is 136 Å². The summed E-state index contributed by atoms with van der Waals surface area (Å²) < 4.78 is 0. The number of carbonyl (C=O) groups is 1. The molecule has 0 fully saturated rings. The molecule has 5 aromatic carbocycles. The lowest BCUT2D eigenvalue weighted by atomic mass is 9.85. The molecular weight excluding hydrogens is 850 g/mol. The van der Waals surface area contributed by atoms with Gasteiger partial charge in [0.05, 0.1) is 44.3 Å². The van der Waals surface area contributed by atoms with Gasteiger partial charge in [-0.25, -0.2) is 9.78 Å². The maximum Gasteiger partial charge on any atom is 0.335 e. The first-order chi connectivity index (χ1) is 31.6. The topological polar surface area (TPSA) is 116 Å². The first kappa shape index (κ1) is 40.3. The number of fused-ring (bicyclic) bond motifs is 11. The molecule has 8 bridgehead atoms. The van der Waals surface area contributed by atoms with Crippen molar-refractivity contribution in [1.29, 1.82) is 0 Å². The Kier molecular flexibility index (Phi) is 9.87. The van der Waals surface area contributed by atoms with Crippen LogP contribution in [-0.2, 0) is 4.84 Å². The fourth-order valence-corrected chi connectivity index (χ4v) is 9.78. The van der Waals surface area contributed by atoms with Crippen LogP contribution in [0.4, 0.5) is 0 Å². The number of carboxylic acid groups (broad SMARTS) is 1. The number of H-pyrrole nitrogens is 2. The Morgan fingerprint density at radius 2 is 0.938 bits per heavy atom. The molecule has 0 amide bonds. The number of halogens is 2. The van der Waals surface area contributed by atoms with Gasteiger partial charge < -0.3 is 19.9 Å². The molecule has 3 aromatic heterocycles. The molecule has 11 rings (SSSR count). The van der Waals surface area contributed by atoms with E-state index in [1.807, 2.05) is 18.2 Å². The molecule has 10 heteroatoms. The van der Waals surface area contributed by atoms with Crippen molar-refractivity contribution in [3.63, 3.8) is 0 Å². The number of aromatic carboxylic acids is 1. The van der Waals surface area contributed by atoms with E-state index in [-0.39, 0.29) is 5.56 Å². The van der Waals surface area contributed by atoms with Crippen molar-refractivity contribution in [1.82, 2.24) is 19.9 Å². The van der Waals surface area contributed by atoms with Gasteiger partial charge in [0.2, 0.25) is 0 Å². The molecule has 3 aliphatic heterocycles. The summed E-state index contributed by atoms with van der Waals surface area (Å²) in [5.41, 5.74) is 17.9. The van der Waals surface area contributed by atoms with E-state index < -0.39 is 18.0 Å². The third-order valence-electron chi connectivity index (χ3n) is 12.4. The van der Waals surface area contributed by atoms with Crippen LogP contribution in [0, 0.1) is 20.8 Å². The number of aromatic nitrogens is 4. The lowest BCUT2D eigenvalue weighted by molar-refractivity contribution is 0.0697. The maximum atomic E-state index is 12.2. The highest BCUT2D eigenvalue weighted by Crippen LogP contribution is 2.52. The summed E-state index contributed by atoms with van der Waals surface area (Å²) in [5, 5.41) is 15.6. The van der Waals surface area contributed by atoms with Crippen molar-refractivity contribution >= 4 is 69.1 Å². The number of aryl methyl sites for hydroxylation is 3. The molecule has 0 spiro atoms. The Morgan fingerprint density at radius 3 is 1.40 bits per heavy atom. The molecule has 2 atom stereocenters. The number of carboxylic acids is 1. The molecule has 0 aliphatic carbocycles. The number of hydrogen-bond acceptors (Lipinski definition) is 5. The summed E-state index contributed by atoms with van der Waals surface area (Å²) >= 11 is 14.0. The molecular formula is C55H39Cl2N5O3. The monoisotopic (exact) mass is 887 g/mol. The summed E-state index contributed by atoms with van der Waals surface area (Å²) in [4.78, 5) is 37.5. The van der Waals surface area contributed by atoms with Gasteiger partial charge >= 0.3 is 5.97 Å². The van der Waals surface area contributed by atoms with Crippen molar-refractivity contribution in [2.24, 2.45) is 5.16 Å². The molecule has 0 saturated heterocycles. The van der Waals surface area contributed by atoms with Crippen molar-refractivity contribution < 1.29 is 14.7 Å². The van der Waals surface area contributed by atoms with E-state index in [9.17, 15) is 9.90 Å². The van der Waals surface area contributed by atoms with Gasteiger partial charge in [-0.3, -0.25) is 4.98 Å². The van der Waals surface area contributed by atoms with Gasteiger partial charge in [0.15, 0.2) is 6.10 Å². The summed E-state index contributed by atoms with van der Waals surface area (Å²) in [6.07, 6.45) is 3.46. The number of rotatable bonds is 6. The molecule has 65 heavy (non-hydrogen) atoms. The van der Waals surface area contributed by atoms with Crippen LogP contribution in [0.25, 0.3) is 78.7 Å². The average molecular weight is 889 g/mol. The van der Waals surface area contributed by atoms with Crippen LogP contribution in [0.1, 0.15) is 67.4 Å². The fourth-order valence-electron chi connectivity index (χ4n) is 9.19. The van der Waals surface area contributed by atoms with E-state index in [4.69, 9.17) is 43.2 Å². The molecule has 2 unspecified atom stereocenters. The SMILES string of the molecule is Cc1ccc(-c2c3nc(c(-c4ccc(C)cc4)c4ccc([nH]4)c(-c4ccc(C(=O)O)cc4)c4nc(c(-c5ccc(C)cc5)c5ccc2[nH]5)C2ON=C(c5c(Cl)cccc5Cl)C42)C=C3)cc1. The number of nitrogens with one attached hydrogen (secondary N) is 2. The minimum absolute atomic E-state index is 0.162. The van der Waals surface area contributed by atoms with Gasteiger partial charge in [0, 0.05) is 49.9 Å². The Bertz CT molecular complexity index is 3460. The molecule has 8 nitrogen and oxygen atoms in total. The molecule has 0 radical (unpaired) electrons. The molecule has 6 heterocycles. The summed E-state index contributed by atoms with van der Waals surface area (Å²) in [5.74, 6) is -1.62. The fraction of sp³-hybridized carbons (Fsp3) is 0.0909. The average Bonchev–Trinajstić information content (AvgIpc) is 4.17. The zero-order valence-electron chi connectivity index (χ0n) is 35.4. The largest absolute Gasteiger partial charge is 0.478 e. The van der Waals surface area contributed by atoms with E-state index in [0.717, 1.165) is 94.7 Å². The Hall–Kier alpha value is -7.52. The van der Waals surface area contributed by atoms with Crippen LogP contribution in [0.5, 0.6) is 0 Å². The van der Waals surface area contributed by atoms with Gasteiger partial charge in [-0.05, 0) is 104 Å². The second kappa shape index (κ2) is 15.9. The predicted molar refractivity (Wildman–Crippen MR) is 262 cm³/mol. The van der Waals surface area contributed by atoms with Crippen LogP contribution < -0.4 is 0 Å². The number of nitrogens with zero attached hydrogens (tertiary/aromatic N) is 3. The highest BCUT2D eigenvalue weighted by molar-refractivity contribution is 6.40. The molecule has 316 valence electrons. The number of aromatic amines is 2. The highest BCUT2D eigenvalue weighted by Gasteiger charge is 2.47. The molecule has 8 aromatic rings. The van der Waals surface area contributed by atoms with Gasteiger partial charge in [-0.15, -0.1) is 0 Å². The summed E-state index contributed by atoms with van der Waals surface area (Å²) in [6.45, 7) is 6.23. The third kappa shape index (κ3) is 7.02. The quantitative estimate of drug-likeness (QED) is 0.154. The van der Waals surface area contributed by atoms with E-state index >= 15 is 0 Å².